The Kier molecular flexibility index (Phi) is 6.74. The van der Waals surface area contributed by atoms with E-state index in [0.29, 0.717) is 13.2 Å². The van der Waals surface area contributed by atoms with Crippen molar-refractivity contribution in [3.8, 4) is 11.5 Å². The van der Waals surface area contributed by atoms with Crippen LogP contribution in [0.4, 0.5) is 10.1 Å². The monoisotopic (exact) mass is 493 g/mol. The lowest BCUT2D eigenvalue weighted by atomic mass is 10.2. The molecule has 0 saturated heterocycles. The molecule has 1 N–H and O–H groups in total. The zero-order chi connectivity index (χ0) is 19.2. The summed E-state index contributed by atoms with van der Waals surface area (Å²) >= 11 is 7.09. The lowest BCUT2D eigenvalue weighted by molar-refractivity contribution is 0.301. The number of methoxy groups -OCH3 is 1. The zero-order valence-electron chi connectivity index (χ0n) is 14.6. The van der Waals surface area contributed by atoms with Gasteiger partial charge in [0, 0.05) is 22.3 Å². The molecule has 6 heteroatoms. The van der Waals surface area contributed by atoms with E-state index in [1.165, 1.54) is 12.1 Å². The summed E-state index contributed by atoms with van der Waals surface area (Å²) in [5, 5.41) is 3.39. The molecule has 0 bridgehead atoms. The van der Waals surface area contributed by atoms with Crippen LogP contribution in [0.5, 0.6) is 11.5 Å². The Hall–Kier alpha value is -2.05. The van der Waals surface area contributed by atoms with E-state index in [1.807, 2.05) is 36.4 Å². The predicted molar refractivity (Wildman–Crippen MR) is 113 cm³/mol. The van der Waals surface area contributed by atoms with Gasteiger partial charge in [0.05, 0.1) is 11.6 Å². The molecule has 3 nitrogen and oxygen atoms in total. The molecule has 0 fully saturated rings. The van der Waals surface area contributed by atoms with Crippen molar-refractivity contribution in [1.29, 1.82) is 0 Å². The molecule has 0 unspecified atom stereocenters. The molecule has 0 aliphatic carbocycles. The van der Waals surface area contributed by atoms with Gasteiger partial charge in [-0.3, -0.25) is 0 Å². The van der Waals surface area contributed by atoms with Crippen molar-refractivity contribution in [2.75, 3.05) is 12.4 Å². The van der Waals surface area contributed by atoms with Crippen molar-refractivity contribution in [1.82, 2.24) is 0 Å². The Balaban J connectivity index is 1.73. The van der Waals surface area contributed by atoms with Gasteiger partial charge in [0.25, 0.3) is 0 Å². The molecule has 0 amide bonds. The molecule has 0 saturated carbocycles. The van der Waals surface area contributed by atoms with Gasteiger partial charge in [-0.25, -0.2) is 4.39 Å². The minimum absolute atomic E-state index is 0.257. The van der Waals surface area contributed by atoms with Crippen LogP contribution in [0.2, 0.25) is 0 Å². The topological polar surface area (TPSA) is 30.5 Å². The number of hydrogen-bond acceptors (Lipinski definition) is 3. The van der Waals surface area contributed by atoms with Crippen LogP contribution in [-0.4, -0.2) is 7.11 Å². The third-order valence-corrected chi connectivity index (χ3v) is 5.00. The van der Waals surface area contributed by atoms with Gasteiger partial charge in [0.15, 0.2) is 0 Å². The molecule has 0 radical (unpaired) electrons. The van der Waals surface area contributed by atoms with Crippen molar-refractivity contribution in [3.05, 3.63) is 86.6 Å². The molecule has 0 heterocycles. The van der Waals surface area contributed by atoms with E-state index in [4.69, 9.17) is 9.47 Å². The summed E-state index contributed by atoms with van der Waals surface area (Å²) in [7, 11) is 1.65. The second-order valence-electron chi connectivity index (χ2n) is 5.87. The minimum Gasteiger partial charge on any atom is -0.497 e. The quantitative estimate of drug-likeness (QED) is 0.404. The Morgan fingerprint density at radius 1 is 0.963 bits per heavy atom. The van der Waals surface area contributed by atoms with Gasteiger partial charge in [-0.05, 0) is 70.0 Å². The SMILES string of the molecule is COc1ccc(NCc2cc(Br)cc(Br)c2OCc2ccc(F)cc2)cc1. The molecule has 3 rings (SSSR count). The smallest absolute Gasteiger partial charge is 0.139 e. The molecule has 0 aromatic heterocycles. The van der Waals surface area contributed by atoms with Crippen molar-refractivity contribution in [2.45, 2.75) is 13.2 Å². The standard InChI is InChI=1S/C21H18Br2FNO2/c1-26-19-8-6-18(7-9-19)25-12-15-10-16(22)11-20(23)21(15)27-13-14-2-4-17(24)5-3-14/h2-11,25H,12-13H2,1H3. The fourth-order valence-corrected chi connectivity index (χ4v) is 3.98. The lowest BCUT2D eigenvalue weighted by Gasteiger charge is -2.16. The number of nitrogens with one attached hydrogen (secondary N) is 1. The second-order valence-corrected chi connectivity index (χ2v) is 7.64. The Morgan fingerprint density at radius 2 is 1.67 bits per heavy atom. The molecule has 0 atom stereocenters. The largest absolute Gasteiger partial charge is 0.497 e. The van der Waals surface area contributed by atoms with Gasteiger partial charge in [-0.15, -0.1) is 0 Å². The number of rotatable bonds is 7. The van der Waals surface area contributed by atoms with E-state index in [0.717, 1.165) is 37.3 Å². The number of halogens is 3. The van der Waals surface area contributed by atoms with Gasteiger partial charge in [-0.1, -0.05) is 28.1 Å². The fourth-order valence-electron chi connectivity index (χ4n) is 2.55. The average molecular weight is 495 g/mol. The van der Waals surface area contributed by atoms with E-state index < -0.39 is 0 Å². The molecular formula is C21H18Br2FNO2. The molecule has 3 aromatic carbocycles. The third kappa shape index (κ3) is 5.47. The first-order valence-electron chi connectivity index (χ1n) is 8.28. The Bertz CT molecular complexity index is 899. The molecule has 0 aliphatic heterocycles. The van der Waals surface area contributed by atoms with Crippen LogP contribution >= 0.6 is 31.9 Å². The molecular weight excluding hydrogens is 477 g/mol. The van der Waals surface area contributed by atoms with Gasteiger partial charge < -0.3 is 14.8 Å². The number of hydrogen-bond donors (Lipinski definition) is 1. The molecule has 3 aromatic rings. The third-order valence-electron chi connectivity index (χ3n) is 3.95. The van der Waals surface area contributed by atoms with Crippen LogP contribution in [0.1, 0.15) is 11.1 Å². The molecule has 27 heavy (non-hydrogen) atoms. The maximum Gasteiger partial charge on any atom is 0.139 e. The van der Waals surface area contributed by atoms with Crippen molar-refractivity contribution >= 4 is 37.5 Å². The highest BCUT2D eigenvalue weighted by atomic mass is 79.9. The normalized spacial score (nSPS) is 10.5. The number of ether oxygens (including phenoxy) is 2. The summed E-state index contributed by atoms with van der Waals surface area (Å²) in [5.41, 5.74) is 2.88. The summed E-state index contributed by atoms with van der Waals surface area (Å²) in [4.78, 5) is 0. The number of benzene rings is 3. The van der Waals surface area contributed by atoms with Crippen LogP contribution in [0, 0.1) is 5.82 Å². The highest BCUT2D eigenvalue weighted by Crippen LogP contribution is 2.34. The Morgan fingerprint density at radius 3 is 2.33 bits per heavy atom. The highest BCUT2D eigenvalue weighted by molar-refractivity contribution is 9.11. The first kappa shape index (κ1) is 19.7. The van der Waals surface area contributed by atoms with E-state index >= 15 is 0 Å². The van der Waals surface area contributed by atoms with Crippen molar-refractivity contribution in [3.63, 3.8) is 0 Å². The first-order chi connectivity index (χ1) is 13.0. The van der Waals surface area contributed by atoms with E-state index in [-0.39, 0.29) is 5.82 Å². The van der Waals surface area contributed by atoms with Gasteiger partial charge >= 0.3 is 0 Å². The van der Waals surface area contributed by atoms with E-state index in [2.05, 4.69) is 37.2 Å². The van der Waals surface area contributed by atoms with Crippen LogP contribution in [0.25, 0.3) is 0 Å². The lowest BCUT2D eigenvalue weighted by Crippen LogP contribution is -2.05. The summed E-state index contributed by atoms with van der Waals surface area (Å²) < 4.78 is 26.1. The molecule has 0 aliphatic rings. The highest BCUT2D eigenvalue weighted by Gasteiger charge is 2.11. The summed E-state index contributed by atoms with van der Waals surface area (Å²) in [6, 6.07) is 18.0. The van der Waals surface area contributed by atoms with Crippen molar-refractivity contribution in [2.24, 2.45) is 0 Å². The van der Waals surface area contributed by atoms with Gasteiger partial charge in [0.2, 0.25) is 0 Å². The first-order valence-corrected chi connectivity index (χ1v) is 9.87. The molecule has 0 spiro atoms. The second kappa shape index (κ2) is 9.24. The van der Waals surface area contributed by atoms with E-state index in [9.17, 15) is 4.39 Å². The van der Waals surface area contributed by atoms with Crippen LogP contribution in [0.3, 0.4) is 0 Å². The average Bonchev–Trinajstić information content (AvgIpc) is 2.67. The van der Waals surface area contributed by atoms with Crippen LogP contribution < -0.4 is 14.8 Å². The molecule has 140 valence electrons. The maximum atomic E-state index is 13.1. The van der Waals surface area contributed by atoms with Crippen molar-refractivity contribution < 1.29 is 13.9 Å². The van der Waals surface area contributed by atoms with Gasteiger partial charge in [0.1, 0.15) is 23.9 Å². The maximum absolute atomic E-state index is 13.1. The zero-order valence-corrected chi connectivity index (χ0v) is 17.8. The minimum atomic E-state index is -0.257. The predicted octanol–water partition coefficient (Wildman–Crippen LogP) is 6.55. The summed E-state index contributed by atoms with van der Waals surface area (Å²) in [6.07, 6.45) is 0. The summed E-state index contributed by atoms with van der Waals surface area (Å²) in [6.45, 7) is 0.944. The van der Waals surface area contributed by atoms with E-state index in [1.54, 1.807) is 19.2 Å². The summed E-state index contributed by atoms with van der Waals surface area (Å²) in [5.74, 6) is 1.31. The van der Waals surface area contributed by atoms with Crippen LogP contribution in [0.15, 0.2) is 69.6 Å². The van der Waals surface area contributed by atoms with Crippen LogP contribution in [-0.2, 0) is 13.2 Å². The fraction of sp³-hybridized carbons (Fsp3) is 0.143. The number of anilines is 1. The Labute approximate surface area is 174 Å². The van der Waals surface area contributed by atoms with Gasteiger partial charge in [-0.2, -0.15) is 0 Å².